The molecule has 0 N–H and O–H groups in total. The first-order chi connectivity index (χ1) is 9.81. The Balaban J connectivity index is 1.50. The molecule has 2 aromatic rings. The topological polar surface area (TPSA) is 3.24 Å². The van der Waals surface area contributed by atoms with Gasteiger partial charge in [0.05, 0.1) is 0 Å². The molecular weight excluding hydrogens is 266 g/mol. The molecule has 102 valence electrons. The number of fused-ring (bicyclic) bond motifs is 1. The predicted octanol–water partition coefficient (Wildman–Crippen LogP) is 4.76. The number of hydrogen-bond acceptors (Lipinski definition) is 1. The highest BCUT2D eigenvalue weighted by molar-refractivity contribution is 6.30. The van der Waals surface area contributed by atoms with Crippen LogP contribution in [0.1, 0.15) is 23.1 Å². The van der Waals surface area contributed by atoms with Gasteiger partial charge in [-0.3, -0.25) is 4.90 Å². The van der Waals surface area contributed by atoms with Crippen molar-refractivity contribution in [2.45, 2.75) is 19.5 Å². The van der Waals surface area contributed by atoms with Crippen molar-refractivity contribution < 1.29 is 0 Å². The van der Waals surface area contributed by atoms with Gasteiger partial charge in [0.1, 0.15) is 0 Å². The van der Waals surface area contributed by atoms with Crippen LogP contribution in [0.2, 0.25) is 5.02 Å². The molecule has 0 atom stereocenters. The lowest BCUT2D eigenvalue weighted by Crippen LogP contribution is -2.16. The van der Waals surface area contributed by atoms with Crippen LogP contribution in [0.4, 0.5) is 0 Å². The van der Waals surface area contributed by atoms with E-state index in [1.54, 1.807) is 0 Å². The van der Waals surface area contributed by atoms with Crippen LogP contribution in [0.15, 0.2) is 54.6 Å². The van der Waals surface area contributed by atoms with Gasteiger partial charge in [-0.25, -0.2) is 0 Å². The Morgan fingerprint density at radius 2 is 1.75 bits per heavy atom. The minimum absolute atomic E-state index is 0.794. The van der Waals surface area contributed by atoms with Gasteiger partial charge in [-0.2, -0.15) is 0 Å². The fraction of sp³-hybridized carbons (Fsp3) is 0.222. The van der Waals surface area contributed by atoms with Crippen molar-refractivity contribution in [2.24, 2.45) is 0 Å². The molecule has 0 aliphatic carbocycles. The predicted molar refractivity (Wildman–Crippen MR) is 85.7 cm³/mol. The summed E-state index contributed by atoms with van der Waals surface area (Å²) in [5.74, 6) is 0. The van der Waals surface area contributed by atoms with Gasteiger partial charge in [-0.1, -0.05) is 60.2 Å². The van der Waals surface area contributed by atoms with Gasteiger partial charge in [0.2, 0.25) is 0 Å². The Labute approximate surface area is 125 Å². The van der Waals surface area contributed by atoms with Crippen molar-refractivity contribution in [2.75, 3.05) is 6.54 Å². The van der Waals surface area contributed by atoms with Gasteiger partial charge in [-0.15, -0.1) is 0 Å². The van der Waals surface area contributed by atoms with Crippen LogP contribution < -0.4 is 0 Å². The average Bonchev–Trinajstić information content (AvgIpc) is 2.86. The number of halogens is 1. The Morgan fingerprint density at radius 1 is 1.00 bits per heavy atom. The van der Waals surface area contributed by atoms with E-state index in [2.05, 4.69) is 47.4 Å². The maximum absolute atomic E-state index is 5.97. The van der Waals surface area contributed by atoms with Crippen LogP contribution in [0.5, 0.6) is 0 Å². The van der Waals surface area contributed by atoms with Crippen molar-refractivity contribution >= 4 is 17.7 Å². The standard InChI is InChI=1S/C18H18ClN/c19-18-10-5-7-15(12-18)6-3-4-11-20-13-16-8-1-2-9-17(16)14-20/h1-3,5-10,12H,4,11,13-14H2/b6-3-. The van der Waals surface area contributed by atoms with E-state index in [0.717, 1.165) is 31.1 Å². The highest BCUT2D eigenvalue weighted by Crippen LogP contribution is 2.22. The first-order valence-corrected chi connectivity index (χ1v) is 7.40. The molecule has 1 aliphatic rings. The summed E-state index contributed by atoms with van der Waals surface area (Å²) in [5.41, 5.74) is 4.12. The van der Waals surface area contributed by atoms with E-state index in [-0.39, 0.29) is 0 Å². The van der Waals surface area contributed by atoms with Crippen LogP contribution in [-0.4, -0.2) is 11.4 Å². The molecule has 0 fully saturated rings. The van der Waals surface area contributed by atoms with Crippen LogP contribution in [0.3, 0.4) is 0 Å². The Kier molecular flexibility index (Phi) is 4.19. The van der Waals surface area contributed by atoms with E-state index >= 15 is 0 Å². The van der Waals surface area contributed by atoms with E-state index in [1.165, 1.54) is 16.7 Å². The lowest BCUT2D eigenvalue weighted by atomic mass is 10.1. The Bertz CT molecular complexity index is 593. The monoisotopic (exact) mass is 283 g/mol. The van der Waals surface area contributed by atoms with Gasteiger partial charge in [0.15, 0.2) is 0 Å². The zero-order chi connectivity index (χ0) is 13.8. The quantitative estimate of drug-likeness (QED) is 0.782. The fourth-order valence-electron chi connectivity index (χ4n) is 2.65. The Morgan fingerprint density at radius 3 is 2.45 bits per heavy atom. The van der Waals surface area contributed by atoms with Crippen LogP contribution in [0.25, 0.3) is 6.08 Å². The van der Waals surface area contributed by atoms with Crippen molar-refractivity contribution in [3.05, 3.63) is 76.3 Å². The molecule has 0 saturated heterocycles. The molecule has 1 aliphatic heterocycles. The first-order valence-electron chi connectivity index (χ1n) is 7.02. The molecule has 0 aromatic heterocycles. The van der Waals surface area contributed by atoms with E-state index in [4.69, 9.17) is 11.6 Å². The fourth-order valence-corrected chi connectivity index (χ4v) is 2.85. The summed E-state index contributed by atoms with van der Waals surface area (Å²) < 4.78 is 0. The third-order valence-electron chi connectivity index (χ3n) is 3.68. The van der Waals surface area contributed by atoms with Crippen LogP contribution in [0, 0.1) is 0 Å². The largest absolute Gasteiger partial charge is 0.295 e. The number of rotatable bonds is 4. The highest BCUT2D eigenvalue weighted by atomic mass is 35.5. The summed E-state index contributed by atoms with van der Waals surface area (Å²) in [6.45, 7) is 3.27. The molecule has 3 rings (SSSR count). The molecule has 2 aromatic carbocycles. The van der Waals surface area contributed by atoms with E-state index in [0.29, 0.717) is 0 Å². The van der Waals surface area contributed by atoms with Crippen LogP contribution in [-0.2, 0) is 13.1 Å². The number of benzene rings is 2. The molecule has 0 unspecified atom stereocenters. The molecule has 0 spiro atoms. The van der Waals surface area contributed by atoms with Gasteiger partial charge in [-0.05, 0) is 35.2 Å². The maximum atomic E-state index is 5.97. The molecule has 0 amide bonds. The molecule has 0 saturated carbocycles. The molecule has 1 heterocycles. The molecule has 20 heavy (non-hydrogen) atoms. The first kappa shape index (κ1) is 13.4. The summed E-state index contributed by atoms with van der Waals surface area (Å²) in [5, 5.41) is 0.794. The third kappa shape index (κ3) is 3.30. The second-order valence-corrected chi connectivity index (χ2v) is 5.66. The SMILES string of the molecule is Clc1cccc(/C=C\CCN2Cc3ccccc3C2)c1. The molecular formula is C18H18ClN. The van der Waals surface area contributed by atoms with E-state index < -0.39 is 0 Å². The summed E-state index contributed by atoms with van der Waals surface area (Å²) in [6, 6.07) is 16.7. The summed E-state index contributed by atoms with van der Waals surface area (Å²) >= 11 is 5.97. The summed E-state index contributed by atoms with van der Waals surface area (Å²) in [7, 11) is 0. The van der Waals surface area contributed by atoms with Gasteiger partial charge in [0.25, 0.3) is 0 Å². The van der Waals surface area contributed by atoms with Gasteiger partial charge < -0.3 is 0 Å². The number of hydrogen-bond donors (Lipinski definition) is 0. The smallest absolute Gasteiger partial charge is 0.0411 e. The lowest BCUT2D eigenvalue weighted by Gasteiger charge is -2.12. The summed E-state index contributed by atoms with van der Waals surface area (Å²) in [4.78, 5) is 2.49. The van der Waals surface area contributed by atoms with Crippen LogP contribution >= 0.6 is 11.6 Å². The van der Waals surface area contributed by atoms with Gasteiger partial charge >= 0.3 is 0 Å². The molecule has 0 bridgehead atoms. The van der Waals surface area contributed by atoms with Crippen molar-refractivity contribution in [3.8, 4) is 0 Å². The van der Waals surface area contributed by atoms with E-state index in [1.807, 2.05) is 18.2 Å². The summed E-state index contributed by atoms with van der Waals surface area (Å²) in [6.07, 6.45) is 5.45. The lowest BCUT2D eigenvalue weighted by molar-refractivity contribution is 0.290. The molecule has 0 radical (unpaired) electrons. The minimum Gasteiger partial charge on any atom is -0.295 e. The highest BCUT2D eigenvalue weighted by Gasteiger charge is 2.16. The van der Waals surface area contributed by atoms with Crippen molar-refractivity contribution in [1.29, 1.82) is 0 Å². The van der Waals surface area contributed by atoms with Gasteiger partial charge in [0, 0.05) is 24.7 Å². The minimum atomic E-state index is 0.794. The third-order valence-corrected chi connectivity index (χ3v) is 3.91. The van der Waals surface area contributed by atoms with Crippen molar-refractivity contribution in [1.82, 2.24) is 4.90 Å². The second kappa shape index (κ2) is 6.25. The maximum Gasteiger partial charge on any atom is 0.0411 e. The van der Waals surface area contributed by atoms with E-state index in [9.17, 15) is 0 Å². The molecule has 1 nitrogen and oxygen atoms in total. The Hall–Kier alpha value is -1.57. The zero-order valence-corrected chi connectivity index (χ0v) is 12.2. The zero-order valence-electron chi connectivity index (χ0n) is 11.4. The normalized spacial score (nSPS) is 14.8. The molecule has 2 heteroatoms. The number of nitrogens with zero attached hydrogens (tertiary/aromatic N) is 1. The van der Waals surface area contributed by atoms with Crippen molar-refractivity contribution in [3.63, 3.8) is 0 Å². The average molecular weight is 284 g/mol. The second-order valence-electron chi connectivity index (χ2n) is 5.23.